The van der Waals surface area contributed by atoms with Gasteiger partial charge >= 0.3 is 6.03 Å². The van der Waals surface area contributed by atoms with E-state index in [1.54, 1.807) is 25.2 Å². The van der Waals surface area contributed by atoms with Crippen LogP contribution in [0.4, 0.5) is 10.5 Å². The van der Waals surface area contributed by atoms with Gasteiger partial charge in [-0.05, 0) is 17.7 Å². The quantitative estimate of drug-likeness (QED) is 0.831. The van der Waals surface area contributed by atoms with E-state index in [9.17, 15) is 13.2 Å². The van der Waals surface area contributed by atoms with Gasteiger partial charge < -0.3 is 16.0 Å². The summed E-state index contributed by atoms with van der Waals surface area (Å²) < 4.78 is 22.1. The maximum atomic E-state index is 11.8. The largest absolute Gasteiger partial charge is 0.327 e. The fourth-order valence-corrected chi connectivity index (χ4v) is 2.00. The van der Waals surface area contributed by atoms with E-state index in [1.165, 1.54) is 4.90 Å². The molecule has 0 spiro atoms. The minimum Gasteiger partial charge on any atom is -0.327 e. The van der Waals surface area contributed by atoms with Crippen LogP contribution in [0.3, 0.4) is 0 Å². The van der Waals surface area contributed by atoms with E-state index in [0.29, 0.717) is 12.2 Å². The molecule has 106 valence electrons. The van der Waals surface area contributed by atoms with Gasteiger partial charge in [0.15, 0.2) is 0 Å². The number of rotatable bonds is 5. The van der Waals surface area contributed by atoms with Crippen molar-refractivity contribution in [3.8, 4) is 0 Å². The van der Waals surface area contributed by atoms with E-state index in [0.717, 1.165) is 11.8 Å². The number of nitrogens with one attached hydrogen (secondary N) is 1. The number of carbonyl (C=O) groups excluding carboxylic acids is 1. The Morgan fingerprint density at radius 1 is 1.42 bits per heavy atom. The second-order valence-electron chi connectivity index (χ2n) is 4.39. The lowest BCUT2D eigenvalue weighted by Gasteiger charge is -2.17. The molecule has 6 nitrogen and oxygen atoms in total. The van der Waals surface area contributed by atoms with Gasteiger partial charge in [0.2, 0.25) is 0 Å². The van der Waals surface area contributed by atoms with E-state index < -0.39 is 9.84 Å². The standard InChI is InChI=1S/C12H19N3O3S/c1-15(6-7-19(2,17)18)12(16)14-11-5-3-4-10(8-11)9-13/h3-5,8H,6-7,9,13H2,1-2H3,(H,14,16). The number of hydrogen-bond acceptors (Lipinski definition) is 4. The Morgan fingerprint density at radius 3 is 2.68 bits per heavy atom. The zero-order chi connectivity index (χ0) is 14.5. The molecule has 19 heavy (non-hydrogen) atoms. The van der Waals surface area contributed by atoms with Crippen LogP contribution in [0.25, 0.3) is 0 Å². The predicted octanol–water partition coefficient (Wildman–Crippen LogP) is 0.654. The topological polar surface area (TPSA) is 92.5 Å². The van der Waals surface area contributed by atoms with E-state index in [-0.39, 0.29) is 18.3 Å². The van der Waals surface area contributed by atoms with Crippen LogP contribution in [-0.2, 0) is 16.4 Å². The van der Waals surface area contributed by atoms with Crippen molar-refractivity contribution in [1.82, 2.24) is 4.90 Å². The van der Waals surface area contributed by atoms with Crippen LogP contribution in [0.15, 0.2) is 24.3 Å². The molecule has 0 bridgehead atoms. The zero-order valence-corrected chi connectivity index (χ0v) is 11.9. The van der Waals surface area contributed by atoms with E-state index in [2.05, 4.69) is 5.32 Å². The third-order valence-corrected chi connectivity index (χ3v) is 3.48. The molecule has 0 fully saturated rings. The Bertz CT molecular complexity index is 543. The molecule has 0 saturated heterocycles. The molecule has 0 aliphatic carbocycles. The Balaban J connectivity index is 2.58. The molecule has 1 rings (SSSR count). The van der Waals surface area contributed by atoms with Gasteiger partial charge in [-0.3, -0.25) is 0 Å². The molecular formula is C12H19N3O3S. The van der Waals surface area contributed by atoms with Crippen LogP contribution < -0.4 is 11.1 Å². The molecule has 7 heteroatoms. The van der Waals surface area contributed by atoms with Crippen LogP contribution in [0.5, 0.6) is 0 Å². The van der Waals surface area contributed by atoms with Crippen LogP contribution in [-0.4, -0.2) is 44.9 Å². The molecule has 2 amide bonds. The molecule has 0 aliphatic rings. The second-order valence-corrected chi connectivity index (χ2v) is 6.65. The van der Waals surface area contributed by atoms with Crippen LogP contribution >= 0.6 is 0 Å². The van der Waals surface area contributed by atoms with Gasteiger partial charge in [0, 0.05) is 32.1 Å². The van der Waals surface area contributed by atoms with Crippen molar-refractivity contribution in [2.24, 2.45) is 5.73 Å². The van der Waals surface area contributed by atoms with Crippen molar-refractivity contribution in [3.63, 3.8) is 0 Å². The van der Waals surface area contributed by atoms with Gasteiger partial charge in [0.1, 0.15) is 9.84 Å². The molecule has 0 atom stereocenters. The van der Waals surface area contributed by atoms with Gasteiger partial charge in [-0.15, -0.1) is 0 Å². The molecular weight excluding hydrogens is 266 g/mol. The summed E-state index contributed by atoms with van der Waals surface area (Å²) in [5, 5.41) is 2.69. The number of nitrogens with two attached hydrogens (primary N) is 1. The summed E-state index contributed by atoms with van der Waals surface area (Å²) >= 11 is 0. The summed E-state index contributed by atoms with van der Waals surface area (Å²) in [5.41, 5.74) is 7.07. The molecule has 0 saturated carbocycles. The minimum absolute atomic E-state index is 0.0558. The average Bonchev–Trinajstić information content (AvgIpc) is 2.35. The Morgan fingerprint density at radius 2 is 2.11 bits per heavy atom. The smallest absolute Gasteiger partial charge is 0.321 e. The van der Waals surface area contributed by atoms with Gasteiger partial charge in [-0.25, -0.2) is 13.2 Å². The third kappa shape index (κ3) is 5.71. The first kappa shape index (κ1) is 15.5. The van der Waals surface area contributed by atoms with Crippen molar-refractivity contribution in [2.75, 3.05) is 30.9 Å². The number of urea groups is 1. The average molecular weight is 285 g/mol. The normalized spacial score (nSPS) is 11.1. The number of nitrogens with zero attached hydrogens (tertiary/aromatic N) is 1. The first-order valence-corrected chi connectivity index (χ1v) is 7.87. The Labute approximate surface area is 113 Å². The monoisotopic (exact) mass is 285 g/mol. The highest BCUT2D eigenvalue weighted by Crippen LogP contribution is 2.10. The van der Waals surface area contributed by atoms with Crippen LogP contribution in [0.1, 0.15) is 5.56 Å². The lowest BCUT2D eigenvalue weighted by molar-refractivity contribution is 0.225. The molecule has 1 aromatic rings. The zero-order valence-electron chi connectivity index (χ0n) is 11.1. The van der Waals surface area contributed by atoms with Gasteiger partial charge in [-0.2, -0.15) is 0 Å². The van der Waals surface area contributed by atoms with Gasteiger partial charge in [-0.1, -0.05) is 12.1 Å². The fourth-order valence-electron chi connectivity index (χ4n) is 1.40. The number of carbonyl (C=O) groups is 1. The predicted molar refractivity (Wildman–Crippen MR) is 75.7 cm³/mol. The summed E-state index contributed by atoms with van der Waals surface area (Å²) in [4.78, 5) is 13.1. The number of amides is 2. The summed E-state index contributed by atoms with van der Waals surface area (Å²) in [6, 6.07) is 6.85. The van der Waals surface area contributed by atoms with Crippen molar-refractivity contribution >= 4 is 21.6 Å². The molecule has 0 aromatic heterocycles. The molecule has 3 N–H and O–H groups in total. The number of hydrogen-bond donors (Lipinski definition) is 2. The Hall–Kier alpha value is -1.60. The molecule has 0 aliphatic heterocycles. The highest BCUT2D eigenvalue weighted by molar-refractivity contribution is 7.90. The molecule has 1 aromatic carbocycles. The van der Waals surface area contributed by atoms with Crippen molar-refractivity contribution in [1.29, 1.82) is 0 Å². The highest BCUT2D eigenvalue weighted by atomic mass is 32.2. The second kappa shape index (κ2) is 6.53. The molecule has 0 unspecified atom stereocenters. The molecule has 0 heterocycles. The molecule has 0 radical (unpaired) electrons. The fraction of sp³-hybridized carbons (Fsp3) is 0.417. The van der Waals surface area contributed by atoms with Gasteiger partial charge in [0.05, 0.1) is 5.75 Å². The first-order chi connectivity index (χ1) is 8.81. The maximum absolute atomic E-state index is 11.8. The summed E-state index contributed by atoms with van der Waals surface area (Å²) in [5.74, 6) is -0.0558. The van der Waals surface area contributed by atoms with Crippen LogP contribution in [0.2, 0.25) is 0 Å². The minimum atomic E-state index is -3.07. The number of anilines is 1. The summed E-state index contributed by atoms with van der Waals surface area (Å²) in [7, 11) is -1.53. The lowest BCUT2D eigenvalue weighted by Crippen LogP contribution is -2.34. The summed E-state index contributed by atoms with van der Waals surface area (Å²) in [6.45, 7) is 0.550. The van der Waals surface area contributed by atoms with E-state index in [4.69, 9.17) is 5.73 Å². The van der Waals surface area contributed by atoms with Crippen molar-refractivity contribution in [2.45, 2.75) is 6.54 Å². The Kier molecular flexibility index (Phi) is 5.31. The van der Waals surface area contributed by atoms with Crippen LogP contribution in [0, 0.1) is 0 Å². The number of benzene rings is 1. The third-order valence-electron chi connectivity index (χ3n) is 2.56. The van der Waals surface area contributed by atoms with E-state index >= 15 is 0 Å². The van der Waals surface area contributed by atoms with Crippen molar-refractivity contribution in [3.05, 3.63) is 29.8 Å². The summed E-state index contributed by atoms with van der Waals surface area (Å²) in [6.07, 6.45) is 1.14. The maximum Gasteiger partial charge on any atom is 0.321 e. The first-order valence-electron chi connectivity index (χ1n) is 5.80. The van der Waals surface area contributed by atoms with Gasteiger partial charge in [0.25, 0.3) is 0 Å². The lowest BCUT2D eigenvalue weighted by atomic mass is 10.2. The van der Waals surface area contributed by atoms with E-state index in [1.807, 2.05) is 6.07 Å². The highest BCUT2D eigenvalue weighted by Gasteiger charge is 2.11. The SMILES string of the molecule is CN(CCS(C)(=O)=O)C(=O)Nc1cccc(CN)c1. The van der Waals surface area contributed by atoms with Crippen molar-refractivity contribution < 1.29 is 13.2 Å². The number of sulfone groups is 1.